The van der Waals surface area contributed by atoms with Crippen molar-refractivity contribution in [1.29, 1.82) is 5.26 Å². The molecule has 0 N–H and O–H groups in total. The maximum absolute atomic E-state index is 11.7. The molecule has 0 aromatic carbocycles. The molecule has 0 aliphatic heterocycles. The van der Waals surface area contributed by atoms with Crippen molar-refractivity contribution in [3.8, 4) is 6.07 Å². The molecular weight excluding hydrogens is 294 g/mol. The van der Waals surface area contributed by atoms with E-state index in [0.29, 0.717) is 6.61 Å². The van der Waals surface area contributed by atoms with Crippen LogP contribution in [0.25, 0.3) is 0 Å². The van der Waals surface area contributed by atoms with Crippen molar-refractivity contribution in [3.63, 3.8) is 0 Å². The Bertz CT molecular complexity index is 435. The Morgan fingerprint density at radius 1 is 1.09 bits per heavy atom. The first kappa shape index (κ1) is 21.2. The number of nitriles is 1. The summed E-state index contributed by atoms with van der Waals surface area (Å²) < 4.78 is 10.0. The van der Waals surface area contributed by atoms with Gasteiger partial charge in [0, 0.05) is 5.57 Å². The molecule has 0 aliphatic rings. The number of esters is 2. The number of carbonyl (C=O) groups is 2. The molecular formula is C18H29NO4. The van der Waals surface area contributed by atoms with E-state index in [9.17, 15) is 9.59 Å². The molecule has 0 saturated carbocycles. The molecule has 0 aromatic heterocycles. The summed E-state index contributed by atoms with van der Waals surface area (Å²) in [6, 6.07) is 2.03. The molecule has 0 atom stereocenters. The van der Waals surface area contributed by atoms with Gasteiger partial charge in [0.15, 0.2) is 0 Å². The van der Waals surface area contributed by atoms with Crippen molar-refractivity contribution in [2.75, 3.05) is 13.2 Å². The van der Waals surface area contributed by atoms with Crippen LogP contribution in [0.15, 0.2) is 12.2 Å². The van der Waals surface area contributed by atoms with Crippen molar-refractivity contribution in [2.45, 2.75) is 65.7 Å². The van der Waals surface area contributed by atoms with Crippen molar-refractivity contribution in [1.82, 2.24) is 0 Å². The van der Waals surface area contributed by atoms with Crippen LogP contribution in [0.2, 0.25) is 0 Å². The fraction of sp³-hybridized carbons (Fsp3) is 0.722. The van der Waals surface area contributed by atoms with E-state index in [1.807, 2.05) is 6.07 Å². The van der Waals surface area contributed by atoms with Crippen LogP contribution in [0, 0.1) is 16.7 Å². The summed E-state index contributed by atoms with van der Waals surface area (Å²) in [4.78, 5) is 23.3. The largest absolute Gasteiger partial charge is 0.465 e. The molecule has 0 amide bonds. The minimum Gasteiger partial charge on any atom is -0.465 e. The van der Waals surface area contributed by atoms with Gasteiger partial charge in [-0.25, -0.2) is 4.79 Å². The molecule has 5 nitrogen and oxygen atoms in total. The van der Waals surface area contributed by atoms with Crippen molar-refractivity contribution >= 4 is 11.9 Å². The summed E-state index contributed by atoms with van der Waals surface area (Å²) in [6.07, 6.45) is 6.51. The lowest BCUT2D eigenvalue weighted by Gasteiger charge is -2.15. The van der Waals surface area contributed by atoms with Gasteiger partial charge in [-0.3, -0.25) is 4.79 Å². The molecule has 0 rings (SSSR count). The first-order valence-electron chi connectivity index (χ1n) is 8.24. The molecule has 0 heterocycles. The van der Waals surface area contributed by atoms with Gasteiger partial charge in [-0.2, -0.15) is 5.26 Å². The molecule has 0 unspecified atom stereocenters. The molecule has 0 bridgehead atoms. The van der Waals surface area contributed by atoms with Crippen molar-refractivity contribution in [3.05, 3.63) is 12.2 Å². The molecule has 0 radical (unpaired) electrons. The number of hydrogen-bond acceptors (Lipinski definition) is 5. The fourth-order valence-corrected chi connectivity index (χ4v) is 1.75. The average Bonchev–Trinajstić information content (AvgIpc) is 2.51. The highest BCUT2D eigenvalue weighted by molar-refractivity contribution is 5.93. The van der Waals surface area contributed by atoms with Gasteiger partial charge >= 0.3 is 11.9 Å². The second-order valence-corrected chi connectivity index (χ2v) is 6.34. The van der Waals surface area contributed by atoms with Crippen molar-refractivity contribution < 1.29 is 19.1 Å². The Balaban J connectivity index is 3.82. The van der Waals surface area contributed by atoms with Crippen LogP contribution in [-0.4, -0.2) is 25.2 Å². The first-order valence-corrected chi connectivity index (χ1v) is 8.24. The zero-order chi connectivity index (χ0) is 17.7. The zero-order valence-corrected chi connectivity index (χ0v) is 14.7. The van der Waals surface area contributed by atoms with Gasteiger partial charge in [-0.15, -0.1) is 0 Å². The Hall–Kier alpha value is -1.83. The Labute approximate surface area is 139 Å². The summed E-state index contributed by atoms with van der Waals surface area (Å²) in [5.74, 6) is -1.13. The highest BCUT2D eigenvalue weighted by Gasteiger charge is 2.21. The summed E-state index contributed by atoms with van der Waals surface area (Å²) in [5.41, 5.74) is -0.708. The summed E-state index contributed by atoms with van der Waals surface area (Å²) in [7, 11) is 0. The van der Waals surface area contributed by atoms with E-state index in [2.05, 4.69) is 13.5 Å². The highest BCUT2D eigenvalue weighted by Crippen LogP contribution is 2.15. The lowest BCUT2D eigenvalue weighted by molar-refractivity contribution is -0.147. The van der Waals surface area contributed by atoms with E-state index in [0.717, 1.165) is 19.3 Å². The van der Waals surface area contributed by atoms with E-state index in [-0.39, 0.29) is 18.6 Å². The standard InChI is InChI=1S/C18H29NO4/c1-5-6-7-8-9-10-11-22-16(20)12-15(2)17(21)23-14-18(3,4)13-19/h2,5-12,14H2,1,3-4H3. The predicted molar refractivity (Wildman–Crippen MR) is 88.4 cm³/mol. The lowest BCUT2D eigenvalue weighted by atomic mass is 9.98. The minimum atomic E-state index is -0.756. The topological polar surface area (TPSA) is 76.4 Å². The molecule has 23 heavy (non-hydrogen) atoms. The molecule has 0 aromatic rings. The lowest BCUT2D eigenvalue weighted by Crippen LogP contribution is -2.21. The molecule has 0 spiro atoms. The predicted octanol–water partition coefficient (Wildman–Crippen LogP) is 3.93. The van der Waals surface area contributed by atoms with Crippen LogP contribution >= 0.6 is 0 Å². The van der Waals surface area contributed by atoms with Gasteiger partial charge in [0.1, 0.15) is 6.61 Å². The Kier molecular flexibility index (Phi) is 10.8. The molecule has 0 fully saturated rings. The minimum absolute atomic E-state index is 0.0336. The third-order valence-electron chi connectivity index (χ3n) is 3.27. The van der Waals surface area contributed by atoms with E-state index in [1.54, 1.807) is 13.8 Å². The van der Waals surface area contributed by atoms with Crippen LogP contribution in [-0.2, 0) is 19.1 Å². The number of hydrogen-bond donors (Lipinski definition) is 0. The molecule has 0 aliphatic carbocycles. The Morgan fingerprint density at radius 2 is 1.70 bits per heavy atom. The van der Waals surface area contributed by atoms with Crippen LogP contribution in [0.3, 0.4) is 0 Å². The van der Waals surface area contributed by atoms with E-state index in [1.165, 1.54) is 19.3 Å². The number of nitrogens with zero attached hydrogens (tertiary/aromatic N) is 1. The average molecular weight is 323 g/mol. The summed E-state index contributed by atoms with van der Waals surface area (Å²) in [5, 5.41) is 8.84. The second-order valence-electron chi connectivity index (χ2n) is 6.34. The van der Waals surface area contributed by atoms with Crippen LogP contribution in [0.1, 0.15) is 65.7 Å². The van der Waals surface area contributed by atoms with Gasteiger partial charge in [-0.05, 0) is 20.3 Å². The number of rotatable bonds is 12. The quantitative estimate of drug-likeness (QED) is 0.309. The SMILES string of the molecule is C=C(CC(=O)OCCCCCCCC)C(=O)OCC(C)(C)C#N. The summed E-state index contributed by atoms with van der Waals surface area (Å²) >= 11 is 0. The van der Waals surface area contributed by atoms with Gasteiger partial charge in [-0.1, -0.05) is 45.6 Å². The van der Waals surface area contributed by atoms with Gasteiger partial charge in [0.05, 0.1) is 24.5 Å². The maximum Gasteiger partial charge on any atom is 0.334 e. The first-order chi connectivity index (χ1) is 10.8. The van der Waals surface area contributed by atoms with E-state index < -0.39 is 17.4 Å². The number of unbranched alkanes of at least 4 members (excludes halogenated alkanes) is 5. The Morgan fingerprint density at radius 3 is 2.30 bits per heavy atom. The second kappa shape index (κ2) is 11.7. The van der Waals surface area contributed by atoms with Gasteiger partial charge in [0.25, 0.3) is 0 Å². The van der Waals surface area contributed by atoms with E-state index in [4.69, 9.17) is 14.7 Å². The van der Waals surface area contributed by atoms with Gasteiger partial charge in [0.2, 0.25) is 0 Å². The van der Waals surface area contributed by atoms with Crippen molar-refractivity contribution in [2.24, 2.45) is 5.41 Å². The zero-order valence-electron chi connectivity index (χ0n) is 14.7. The third kappa shape index (κ3) is 11.4. The molecule has 5 heteroatoms. The highest BCUT2D eigenvalue weighted by atomic mass is 16.5. The maximum atomic E-state index is 11.7. The van der Waals surface area contributed by atoms with Gasteiger partial charge < -0.3 is 9.47 Å². The normalized spacial score (nSPS) is 10.7. The number of carbonyl (C=O) groups excluding carboxylic acids is 2. The van der Waals surface area contributed by atoms with E-state index >= 15 is 0 Å². The smallest absolute Gasteiger partial charge is 0.334 e. The van der Waals surface area contributed by atoms with Crippen LogP contribution < -0.4 is 0 Å². The third-order valence-corrected chi connectivity index (χ3v) is 3.27. The van der Waals surface area contributed by atoms with Crippen LogP contribution in [0.5, 0.6) is 0 Å². The number of ether oxygens (including phenoxy) is 2. The van der Waals surface area contributed by atoms with Crippen LogP contribution in [0.4, 0.5) is 0 Å². The molecule has 0 saturated heterocycles. The summed E-state index contributed by atoms with van der Waals surface area (Å²) in [6.45, 7) is 9.37. The monoisotopic (exact) mass is 323 g/mol. The fourth-order valence-electron chi connectivity index (χ4n) is 1.75. The molecule has 130 valence electrons.